The van der Waals surface area contributed by atoms with Crippen LogP contribution in [0.25, 0.3) is 0 Å². The largest absolute Gasteiger partial charge is 0.292 e. The van der Waals surface area contributed by atoms with E-state index in [0.717, 1.165) is 32.1 Å². The molecule has 0 unspecified atom stereocenters. The number of benzene rings is 1. The van der Waals surface area contributed by atoms with Gasteiger partial charge in [-0.3, -0.25) is 9.78 Å². The molecule has 21 heavy (non-hydrogen) atoms. The van der Waals surface area contributed by atoms with Gasteiger partial charge in [0.1, 0.15) is 5.69 Å². The third-order valence-corrected chi connectivity index (χ3v) is 4.82. The normalized spacial score (nSPS) is 16.2. The number of aryl methyl sites for hydroxylation is 2. The average Bonchev–Trinajstić information content (AvgIpc) is 2.48. The zero-order valence-electron chi connectivity index (χ0n) is 12.5. The summed E-state index contributed by atoms with van der Waals surface area (Å²) < 4.78 is 0. The van der Waals surface area contributed by atoms with Crippen molar-refractivity contribution in [2.45, 2.75) is 39.0 Å². The fraction of sp³-hybridized carbons (Fsp3) is 0.368. The monoisotopic (exact) mass is 279 g/mol. The van der Waals surface area contributed by atoms with Crippen molar-refractivity contribution in [3.8, 4) is 0 Å². The predicted octanol–water partition coefficient (Wildman–Crippen LogP) is 4.38. The van der Waals surface area contributed by atoms with Gasteiger partial charge < -0.3 is 0 Å². The van der Waals surface area contributed by atoms with Crippen LogP contribution >= 0.6 is 0 Å². The maximum atomic E-state index is 12.8. The quantitative estimate of drug-likeness (QED) is 0.760. The average molecular weight is 279 g/mol. The molecular weight excluding hydrogens is 258 g/mol. The summed E-state index contributed by atoms with van der Waals surface area (Å²) >= 11 is 0. The van der Waals surface area contributed by atoms with Crippen molar-refractivity contribution in [2.24, 2.45) is 5.41 Å². The maximum absolute atomic E-state index is 12.8. The molecule has 1 aliphatic carbocycles. The van der Waals surface area contributed by atoms with E-state index in [2.05, 4.69) is 36.2 Å². The van der Waals surface area contributed by atoms with E-state index in [-0.39, 0.29) is 11.2 Å². The van der Waals surface area contributed by atoms with E-state index < -0.39 is 0 Å². The highest BCUT2D eigenvalue weighted by Gasteiger charge is 2.44. The molecule has 2 aromatic rings. The first kappa shape index (κ1) is 14.0. The summed E-state index contributed by atoms with van der Waals surface area (Å²) in [6, 6.07) is 14.1. The number of hydrogen-bond acceptors (Lipinski definition) is 2. The van der Waals surface area contributed by atoms with Crippen molar-refractivity contribution in [1.29, 1.82) is 0 Å². The van der Waals surface area contributed by atoms with Crippen molar-refractivity contribution < 1.29 is 4.79 Å². The van der Waals surface area contributed by atoms with Crippen LogP contribution in [0, 0.1) is 12.3 Å². The summed E-state index contributed by atoms with van der Waals surface area (Å²) in [5.74, 6) is 0.239. The molecule has 0 atom stereocenters. The Morgan fingerprint density at radius 1 is 1.14 bits per heavy atom. The lowest BCUT2D eigenvalue weighted by molar-refractivity contribution is 0.0575. The molecular formula is C19H21NO. The molecule has 1 fully saturated rings. The molecule has 0 bridgehead atoms. The van der Waals surface area contributed by atoms with Crippen LogP contribution in [0.15, 0.2) is 48.7 Å². The molecule has 2 heteroatoms. The van der Waals surface area contributed by atoms with Crippen LogP contribution in [0.2, 0.25) is 0 Å². The zero-order chi connectivity index (χ0) is 14.7. The number of carbonyl (C=O) groups excluding carboxylic acids is 1. The number of hydrogen-bond donors (Lipinski definition) is 0. The molecule has 1 aliphatic rings. The first-order chi connectivity index (χ1) is 10.2. The highest BCUT2D eigenvalue weighted by Crippen LogP contribution is 2.47. The van der Waals surface area contributed by atoms with Gasteiger partial charge >= 0.3 is 0 Å². The van der Waals surface area contributed by atoms with Gasteiger partial charge in [-0.1, -0.05) is 36.8 Å². The van der Waals surface area contributed by atoms with Crippen LogP contribution in [0.1, 0.15) is 47.3 Å². The van der Waals surface area contributed by atoms with Crippen LogP contribution in [-0.2, 0) is 6.42 Å². The molecule has 1 saturated carbocycles. The summed E-state index contributed by atoms with van der Waals surface area (Å²) in [4.78, 5) is 17.0. The van der Waals surface area contributed by atoms with Gasteiger partial charge in [0.2, 0.25) is 0 Å². The van der Waals surface area contributed by atoms with Crippen molar-refractivity contribution in [3.05, 3.63) is 65.5 Å². The summed E-state index contributed by atoms with van der Waals surface area (Å²) in [5, 5.41) is 0. The van der Waals surface area contributed by atoms with Crippen LogP contribution < -0.4 is 0 Å². The highest BCUT2D eigenvalue weighted by molar-refractivity contribution is 5.99. The Bertz CT molecular complexity index is 629. The minimum absolute atomic E-state index is 0.170. The molecule has 1 aromatic carbocycles. The van der Waals surface area contributed by atoms with Gasteiger partial charge in [-0.05, 0) is 55.9 Å². The third kappa shape index (κ3) is 2.76. The molecule has 0 radical (unpaired) electrons. The van der Waals surface area contributed by atoms with E-state index in [1.165, 1.54) is 11.1 Å². The second-order valence-electron chi connectivity index (χ2n) is 6.10. The Morgan fingerprint density at radius 3 is 2.52 bits per heavy atom. The number of Topliss-reactive ketones (excluding diaryl/α,β-unsaturated/α-hetero) is 1. The first-order valence-electron chi connectivity index (χ1n) is 7.72. The Hall–Kier alpha value is -1.96. The van der Waals surface area contributed by atoms with Crippen LogP contribution in [-0.4, -0.2) is 10.8 Å². The minimum atomic E-state index is -0.170. The molecule has 0 amide bonds. The summed E-state index contributed by atoms with van der Waals surface area (Å²) in [6.45, 7) is 2.14. The predicted molar refractivity (Wildman–Crippen MR) is 84.4 cm³/mol. The van der Waals surface area contributed by atoms with E-state index in [1.54, 1.807) is 6.20 Å². The standard InChI is InChI=1S/C19H21NO/c1-15-7-2-3-8-16(15)10-13-19(11-6-12-19)18(21)17-9-4-5-14-20-17/h2-5,7-9,14H,6,10-13H2,1H3. The fourth-order valence-corrected chi connectivity index (χ4v) is 3.23. The number of carbonyl (C=O) groups is 1. The number of pyridine rings is 1. The molecule has 108 valence electrons. The van der Waals surface area contributed by atoms with Gasteiger partial charge in [-0.2, -0.15) is 0 Å². The molecule has 0 N–H and O–H groups in total. The third-order valence-electron chi connectivity index (χ3n) is 4.82. The van der Waals surface area contributed by atoms with Gasteiger partial charge in [-0.25, -0.2) is 0 Å². The number of rotatable bonds is 5. The molecule has 1 heterocycles. The van der Waals surface area contributed by atoms with Gasteiger partial charge in [0.25, 0.3) is 0 Å². The second kappa shape index (κ2) is 5.80. The minimum Gasteiger partial charge on any atom is -0.292 e. The number of ketones is 1. The first-order valence-corrected chi connectivity index (χ1v) is 7.72. The van der Waals surface area contributed by atoms with Crippen molar-refractivity contribution >= 4 is 5.78 Å². The zero-order valence-corrected chi connectivity index (χ0v) is 12.5. The lowest BCUT2D eigenvalue weighted by Gasteiger charge is -2.40. The summed E-state index contributed by atoms with van der Waals surface area (Å²) in [5.41, 5.74) is 3.13. The van der Waals surface area contributed by atoms with Gasteiger partial charge in [-0.15, -0.1) is 0 Å². The van der Waals surface area contributed by atoms with Crippen LogP contribution in [0.3, 0.4) is 0 Å². The molecule has 1 aromatic heterocycles. The molecule has 2 nitrogen and oxygen atoms in total. The Kier molecular flexibility index (Phi) is 3.87. The van der Waals surface area contributed by atoms with E-state index >= 15 is 0 Å². The van der Waals surface area contributed by atoms with E-state index in [4.69, 9.17) is 0 Å². The lowest BCUT2D eigenvalue weighted by Crippen LogP contribution is -2.39. The second-order valence-corrected chi connectivity index (χ2v) is 6.10. The smallest absolute Gasteiger partial charge is 0.187 e. The SMILES string of the molecule is Cc1ccccc1CCC1(C(=O)c2ccccn2)CCC1. The lowest BCUT2D eigenvalue weighted by atomic mass is 9.62. The molecule has 3 rings (SSSR count). The van der Waals surface area contributed by atoms with Gasteiger partial charge in [0, 0.05) is 11.6 Å². The van der Waals surface area contributed by atoms with Crippen molar-refractivity contribution in [2.75, 3.05) is 0 Å². The van der Waals surface area contributed by atoms with E-state index in [9.17, 15) is 4.79 Å². The maximum Gasteiger partial charge on any atom is 0.187 e. The van der Waals surface area contributed by atoms with Crippen molar-refractivity contribution in [3.63, 3.8) is 0 Å². The molecule has 0 saturated heterocycles. The topological polar surface area (TPSA) is 30.0 Å². The van der Waals surface area contributed by atoms with Gasteiger partial charge in [0.15, 0.2) is 5.78 Å². The fourth-order valence-electron chi connectivity index (χ4n) is 3.23. The number of aromatic nitrogens is 1. The number of nitrogens with zero attached hydrogens (tertiary/aromatic N) is 1. The summed E-state index contributed by atoms with van der Waals surface area (Å²) in [7, 11) is 0. The molecule has 0 spiro atoms. The van der Waals surface area contributed by atoms with Gasteiger partial charge in [0.05, 0.1) is 0 Å². The van der Waals surface area contributed by atoms with Crippen LogP contribution in [0.5, 0.6) is 0 Å². The Balaban J connectivity index is 1.75. The Morgan fingerprint density at radius 2 is 1.90 bits per heavy atom. The van der Waals surface area contributed by atoms with E-state index in [0.29, 0.717) is 5.69 Å². The highest BCUT2D eigenvalue weighted by atomic mass is 16.1. The Labute approximate surface area is 126 Å². The van der Waals surface area contributed by atoms with Crippen LogP contribution in [0.4, 0.5) is 0 Å². The summed E-state index contributed by atoms with van der Waals surface area (Å²) in [6.07, 6.45) is 6.80. The van der Waals surface area contributed by atoms with E-state index in [1.807, 2.05) is 18.2 Å². The van der Waals surface area contributed by atoms with Crippen molar-refractivity contribution in [1.82, 2.24) is 4.98 Å². The molecule has 0 aliphatic heterocycles.